The fraction of sp³-hybridized carbons (Fsp3) is 0.429. The summed E-state index contributed by atoms with van der Waals surface area (Å²) >= 11 is 1.32. The zero-order chi connectivity index (χ0) is 20.0. The molecule has 1 heterocycles. The molecule has 0 spiro atoms. The first-order chi connectivity index (χ1) is 12.8. The van der Waals surface area contributed by atoms with Crippen molar-refractivity contribution < 1.29 is 19.1 Å². The predicted molar refractivity (Wildman–Crippen MR) is 110 cm³/mol. The van der Waals surface area contributed by atoms with E-state index in [9.17, 15) is 9.59 Å². The Morgan fingerprint density at radius 1 is 1.11 bits per heavy atom. The highest BCUT2D eigenvalue weighted by Gasteiger charge is 2.27. The number of esters is 1. The standard InChI is InChI=1S/C21H27NO4S/c1-6-12-26-15-10-8-14(9-11-15)16-13-27-18(17(16)19(23)25-7-2)22-20(24)21(3,4)5/h8-11,13H,6-7,12H2,1-5H3,(H,22,24). The maximum absolute atomic E-state index is 12.6. The average molecular weight is 390 g/mol. The van der Waals surface area contributed by atoms with E-state index in [1.807, 2.05) is 50.4 Å². The van der Waals surface area contributed by atoms with Gasteiger partial charge in [0.1, 0.15) is 16.3 Å². The van der Waals surface area contributed by atoms with Crippen LogP contribution in [0, 0.1) is 5.41 Å². The van der Waals surface area contributed by atoms with Crippen LogP contribution < -0.4 is 10.1 Å². The van der Waals surface area contributed by atoms with Gasteiger partial charge in [-0.15, -0.1) is 11.3 Å². The largest absolute Gasteiger partial charge is 0.494 e. The van der Waals surface area contributed by atoms with Gasteiger partial charge in [-0.05, 0) is 31.0 Å². The zero-order valence-corrected chi connectivity index (χ0v) is 17.4. The summed E-state index contributed by atoms with van der Waals surface area (Å²) in [5.74, 6) is 0.198. The summed E-state index contributed by atoms with van der Waals surface area (Å²) < 4.78 is 10.8. The zero-order valence-electron chi connectivity index (χ0n) is 16.5. The van der Waals surface area contributed by atoms with E-state index in [4.69, 9.17) is 9.47 Å². The summed E-state index contributed by atoms with van der Waals surface area (Å²) in [5, 5.41) is 5.25. The van der Waals surface area contributed by atoms with Gasteiger partial charge in [-0.2, -0.15) is 0 Å². The third-order valence-corrected chi connectivity index (χ3v) is 4.71. The molecular weight excluding hydrogens is 362 g/mol. The lowest BCUT2D eigenvalue weighted by molar-refractivity contribution is -0.123. The third kappa shape index (κ3) is 5.32. The second-order valence-corrected chi connectivity index (χ2v) is 8.03. The van der Waals surface area contributed by atoms with Gasteiger partial charge in [-0.25, -0.2) is 4.79 Å². The molecule has 2 aromatic rings. The summed E-state index contributed by atoms with van der Waals surface area (Å²) in [6, 6.07) is 7.58. The molecule has 0 aliphatic carbocycles. The normalized spacial score (nSPS) is 11.1. The minimum atomic E-state index is -0.561. The Bertz CT molecular complexity index is 788. The molecular formula is C21H27NO4S. The van der Waals surface area contributed by atoms with Gasteiger partial charge >= 0.3 is 5.97 Å². The van der Waals surface area contributed by atoms with Crippen molar-refractivity contribution in [3.8, 4) is 16.9 Å². The first kappa shape index (κ1) is 21.0. The number of carbonyl (C=O) groups is 2. The molecule has 27 heavy (non-hydrogen) atoms. The molecule has 5 nitrogen and oxygen atoms in total. The van der Waals surface area contributed by atoms with Crippen LogP contribution in [0.25, 0.3) is 11.1 Å². The maximum atomic E-state index is 12.6. The van der Waals surface area contributed by atoms with E-state index in [0.717, 1.165) is 23.3 Å². The molecule has 1 aromatic carbocycles. The minimum absolute atomic E-state index is 0.148. The lowest BCUT2D eigenvalue weighted by Crippen LogP contribution is -2.28. The Hall–Kier alpha value is -2.34. The smallest absolute Gasteiger partial charge is 0.341 e. The molecule has 0 saturated heterocycles. The Kier molecular flexibility index (Phi) is 7.02. The highest BCUT2D eigenvalue weighted by molar-refractivity contribution is 7.15. The molecule has 0 saturated carbocycles. The number of benzene rings is 1. The average Bonchev–Trinajstić information content (AvgIpc) is 3.03. The fourth-order valence-electron chi connectivity index (χ4n) is 2.31. The topological polar surface area (TPSA) is 64.6 Å². The van der Waals surface area contributed by atoms with E-state index < -0.39 is 11.4 Å². The van der Waals surface area contributed by atoms with Crippen LogP contribution in [0.15, 0.2) is 29.6 Å². The van der Waals surface area contributed by atoms with Crippen LogP contribution in [0.4, 0.5) is 5.00 Å². The summed E-state index contributed by atoms with van der Waals surface area (Å²) in [6.45, 7) is 10.2. The van der Waals surface area contributed by atoms with Crippen molar-refractivity contribution in [3.05, 3.63) is 35.2 Å². The van der Waals surface area contributed by atoms with Crippen molar-refractivity contribution in [2.75, 3.05) is 18.5 Å². The molecule has 6 heteroatoms. The van der Waals surface area contributed by atoms with E-state index in [1.165, 1.54) is 11.3 Å². The third-order valence-electron chi connectivity index (χ3n) is 3.82. The first-order valence-corrected chi connectivity index (χ1v) is 9.99. The lowest BCUT2D eigenvalue weighted by Gasteiger charge is -2.17. The van der Waals surface area contributed by atoms with Crippen molar-refractivity contribution in [2.24, 2.45) is 5.41 Å². The van der Waals surface area contributed by atoms with Gasteiger partial charge in [0, 0.05) is 16.4 Å². The highest BCUT2D eigenvalue weighted by Crippen LogP contribution is 2.37. The van der Waals surface area contributed by atoms with E-state index >= 15 is 0 Å². The summed E-state index contributed by atoms with van der Waals surface area (Å²) in [6.07, 6.45) is 0.941. The minimum Gasteiger partial charge on any atom is -0.494 e. The Balaban J connectivity index is 2.38. The number of thiophene rings is 1. The van der Waals surface area contributed by atoms with Gasteiger partial charge in [0.15, 0.2) is 0 Å². The van der Waals surface area contributed by atoms with E-state index in [2.05, 4.69) is 12.2 Å². The lowest BCUT2D eigenvalue weighted by atomic mass is 9.95. The molecule has 0 aliphatic heterocycles. The summed E-state index contributed by atoms with van der Waals surface area (Å²) in [5.41, 5.74) is 1.44. The van der Waals surface area contributed by atoms with Gasteiger partial charge in [0.05, 0.1) is 13.2 Å². The van der Waals surface area contributed by atoms with Crippen molar-refractivity contribution >= 4 is 28.2 Å². The second-order valence-electron chi connectivity index (χ2n) is 7.15. The molecule has 0 fully saturated rings. The molecule has 1 amide bonds. The quantitative estimate of drug-likeness (QED) is 0.647. The number of rotatable bonds is 7. The van der Waals surface area contributed by atoms with Crippen LogP contribution in [0.1, 0.15) is 51.4 Å². The SMILES string of the molecule is CCCOc1ccc(-c2csc(NC(=O)C(C)(C)C)c2C(=O)OCC)cc1. The number of amides is 1. The molecule has 2 rings (SSSR count). The Morgan fingerprint density at radius 2 is 1.78 bits per heavy atom. The van der Waals surface area contributed by atoms with Gasteiger partial charge in [0.25, 0.3) is 0 Å². The molecule has 146 valence electrons. The number of hydrogen-bond acceptors (Lipinski definition) is 5. The van der Waals surface area contributed by atoms with Crippen LogP contribution in [0.5, 0.6) is 5.75 Å². The fourth-order valence-corrected chi connectivity index (χ4v) is 3.26. The maximum Gasteiger partial charge on any atom is 0.341 e. The van der Waals surface area contributed by atoms with Crippen molar-refractivity contribution in [2.45, 2.75) is 41.0 Å². The van der Waals surface area contributed by atoms with E-state index in [0.29, 0.717) is 17.2 Å². The van der Waals surface area contributed by atoms with Crippen molar-refractivity contribution in [3.63, 3.8) is 0 Å². The molecule has 0 bridgehead atoms. The van der Waals surface area contributed by atoms with Crippen LogP contribution in [-0.2, 0) is 9.53 Å². The van der Waals surface area contributed by atoms with Crippen LogP contribution in [0.3, 0.4) is 0 Å². The number of hydrogen-bond donors (Lipinski definition) is 1. The van der Waals surface area contributed by atoms with Gasteiger partial charge in [-0.1, -0.05) is 39.8 Å². The molecule has 0 unspecified atom stereocenters. The molecule has 0 atom stereocenters. The number of ether oxygens (including phenoxy) is 2. The monoisotopic (exact) mass is 389 g/mol. The van der Waals surface area contributed by atoms with E-state index in [-0.39, 0.29) is 12.5 Å². The second kappa shape index (κ2) is 9.04. The Morgan fingerprint density at radius 3 is 2.33 bits per heavy atom. The molecule has 0 radical (unpaired) electrons. The van der Waals surface area contributed by atoms with Crippen LogP contribution in [-0.4, -0.2) is 25.1 Å². The number of nitrogens with one attached hydrogen (secondary N) is 1. The molecule has 1 aromatic heterocycles. The highest BCUT2D eigenvalue weighted by atomic mass is 32.1. The predicted octanol–water partition coefficient (Wildman–Crippen LogP) is 5.37. The first-order valence-electron chi connectivity index (χ1n) is 9.11. The van der Waals surface area contributed by atoms with Crippen LogP contribution in [0.2, 0.25) is 0 Å². The van der Waals surface area contributed by atoms with Gasteiger partial charge in [-0.3, -0.25) is 4.79 Å². The molecule has 1 N–H and O–H groups in total. The van der Waals surface area contributed by atoms with Crippen molar-refractivity contribution in [1.29, 1.82) is 0 Å². The van der Waals surface area contributed by atoms with Gasteiger partial charge < -0.3 is 14.8 Å². The van der Waals surface area contributed by atoms with E-state index in [1.54, 1.807) is 6.92 Å². The molecule has 0 aliphatic rings. The van der Waals surface area contributed by atoms with Gasteiger partial charge in [0.2, 0.25) is 5.91 Å². The summed E-state index contributed by atoms with van der Waals surface area (Å²) in [4.78, 5) is 25.0. The summed E-state index contributed by atoms with van der Waals surface area (Å²) in [7, 11) is 0. The van der Waals surface area contributed by atoms with Crippen molar-refractivity contribution in [1.82, 2.24) is 0 Å². The number of carbonyl (C=O) groups excluding carboxylic acids is 2. The number of anilines is 1. The Labute approximate surface area is 164 Å². The van der Waals surface area contributed by atoms with Crippen LogP contribution >= 0.6 is 11.3 Å².